The highest BCUT2D eigenvalue weighted by molar-refractivity contribution is 5.90. The van der Waals surface area contributed by atoms with Crippen LogP contribution in [-0.2, 0) is 0 Å². The first kappa shape index (κ1) is 43.2. The van der Waals surface area contributed by atoms with Gasteiger partial charge in [0, 0.05) is 34.1 Å². The number of allylic oxidation sites excluding steroid dienone is 7. The van der Waals surface area contributed by atoms with E-state index >= 15 is 0 Å². The quantitative estimate of drug-likeness (QED) is 0.114. The maximum atomic E-state index is 4.72. The van der Waals surface area contributed by atoms with Gasteiger partial charge in [-0.25, -0.2) is 0 Å². The van der Waals surface area contributed by atoms with Crippen LogP contribution < -0.4 is 9.80 Å². The Kier molecular flexibility index (Phi) is 11.4. The molecule has 0 spiro atoms. The summed E-state index contributed by atoms with van der Waals surface area (Å²) in [6, 6.07) is 72.2. The molecule has 11 aromatic rings. The molecule has 1 aliphatic carbocycles. The Hall–Kier alpha value is -9.14. The van der Waals surface area contributed by atoms with Crippen molar-refractivity contribution < 1.29 is 0 Å². The van der Waals surface area contributed by atoms with E-state index in [2.05, 4.69) is 218 Å². The van der Waals surface area contributed by atoms with Gasteiger partial charge in [0.25, 0.3) is 0 Å². The molecule has 0 bridgehead atoms. The van der Waals surface area contributed by atoms with E-state index in [4.69, 9.17) is 20.4 Å². The lowest BCUT2D eigenvalue weighted by Gasteiger charge is -2.30. The highest BCUT2D eigenvalue weighted by atomic mass is 15.5. The van der Waals surface area contributed by atoms with Gasteiger partial charge in [0.15, 0.2) is 0 Å². The standard InChI is InChI=1S/C63H50N8/c1-3-45(49-24-30-53(31-25-49)69(59-33-27-48-13-5-7-15-51(48)43-59)55-36-40-57(41-37-55)71-66-62-18-10-11-19-63(62)67-71)21-20-44(2)46-22-28-52(29-23-46)68(58-32-26-47-12-4-6-14-50(47)42-58)54-34-38-56(39-35-54)70-64-60-16-8-9-17-61(60)65-70/h3-22,24-44,46H,23H2,1-2H3/b21-20-,45-3+. The van der Waals surface area contributed by atoms with E-state index in [1.165, 1.54) is 32.7 Å². The van der Waals surface area contributed by atoms with Crippen LogP contribution in [0.2, 0.25) is 0 Å². The van der Waals surface area contributed by atoms with Gasteiger partial charge in [-0.2, -0.15) is 9.59 Å². The van der Waals surface area contributed by atoms with Gasteiger partial charge in [-0.15, -0.1) is 20.4 Å². The summed E-state index contributed by atoms with van der Waals surface area (Å²) in [5.74, 6) is 0.659. The second kappa shape index (κ2) is 18.7. The third-order valence-electron chi connectivity index (χ3n) is 13.6. The van der Waals surface area contributed by atoms with E-state index in [1.807, 2.05) is 48.5 Å². The highest BCUT2D eigenvalue weighted by Gasteiger charge is 2.21. The number of nitrogens with zero attached hydrogens (tertiary/aromatic N) is 8. The number of anilines is 5. The lowest BCUT2D eigenvalue weighted by atomic mass is 9.86. The van der Waals surface area contributed by atoms with Gasteiger partial charge in [-0.3, -0.25) is 0 Å². The van der Waals surface area contributed by atoms with Crippen LogP contribution in [0.25, 0.3) is 60.6 Å². The van der Waals surface area contributed by atoms with Gasteiger partial charge >= 0.3 is 0 Å². The molecule has 0 aliphatic heterocycles. The summed E-state index contributed by atoms with van der Waals surface area (Å²) in [4.78, 5) is 8.09. The Morgan fingerprint density at radius 1 is 0.493 bits per heavy atom. The van der Waals surface area contributed by atoms with Gasteiger partial charge in [0.2, 0.25) is 0 Å². The zero-order valence-electron chi connectivity index (χ0n) is 39.5. The Bertz CT molecular complexity index is 3770. The van der Waals surface area contributed by atoms with Crippen LogP contribution in [-0.4, -0.2) is 30.0 Å². The molecular formula is C63H50N8. The van der Waals surface area contributed by atoms with Crippen LogP contribution in [0, 0.1) is 11.8 Å². The fourth-order valence-corrected chi connectivity index (χ4v) is 9.69. The fourth-order valence-electron chi connectivity index (χ4n) is 9.69. The van der Waals surface area contributed by atoms with Gasteiger partial charge < -0.3 is 9.80 Å². The van der Waals surface area contributed by atoms with Crippen LogP contribution in [0.1, 0.15) is 25.8 Å². The second-order valence-corrected chi connectivity index (χ2v) is 18.1. The van der Waals surface area contributed by atoms with Crippen LogP contribution in [0.15, 0.2) is 248 Å². The van der Waals surface area contributed by atoms with E-state index < -0.39 is 0 Å². The molecule has 0 N–H and O–H groups in total. The summed E-state index contributed by atoms with van der Waals surface area (Å²) in [5.41, 5.74) is 14.2. The predicted molar refractivity (Wildman–Crippen MR) is 293 cm³/mol. The number of benzene rings is 9. The summed E-state index contributed by atoms with van der Waals surface area (Å²) in [7, 11) is 0. The van der Waals surface area contributed by atoms with Crippen molar-refractivity contribution in [2.75, 3.05) is 9.80 Å². The lowest BCUT2D eigenvalue weighted by Crippen LogP contribution is -2.19. The normalized spacial score (nSPS) is 14.4. The third kappa shape index (κ3) is 8.68. The molecular weight excluding hydrogens is 869 g/mol. The molecule has 2 unspecified atom stereocenters. The molecule has 0 radical (unpaired) electrons. The molecule has 0 saturated carbocycles. The molecule has 71 heavy (non-hydrogen) atoms. The van der Waals surface area contributed by atoms with E-state index in [-0.39, 0.29) is 0 Å². The Balaban J connectivity index is 0.778. The van der Waals surface area contributed by atoms with Crippen LogP contribution in [0.5, 0.6) is 0 Å². The molecule has 8 nitrogen and oxygen atoms in total. The molecule has 8 heteroatoms. The minimum absolute atomic E-state index is 0.311. The average Bonchev–Trinajstić information content (AvgIpc) is 4.08. The molecule has 0 saturated heterocycles. The summed E-state index contributed by atoms with van der Waals surface area (Å²) >= 11 is 0. The van der Waals surface area contributed by atoms with Crippen molar-refractivity contribution in [3.8, 4) is 11.4 Å². The predicted octanol–water partition coefficient (Wildman–Crippen LogP) is 15.8. The summed E-state index contributed by atoms with van der Waals surface area (Å²) < 4.78 is 0. The second-order valence-electron chi connectivity index (χ2n) is 18.1. The smallest absolute Gasteiger partial charge is 0.113 e. The number of aromatic nitrogens is 6. The van der Waals surface area contributed by atoms with Crippen molar-refractivity contribution >= 4 is 77.6 Å². The molecule has 9 aromatic carbocycles. The summed E-state index contributed by atoms with van der Waals surface area (Å²) in [6.45, 7) is 4.44. The maximum absolute atomic E-state index is 4.72. The highest BCUT2D eigenvalue weighted by Crippen LogP contribution is 2.39. The summed E-state index contributed by atoms with van der Waals surface area (Å²) in [5, 5.41) is 23.7. The van der Waals surface area contributed by atoms with Crippen molar-refractivity contribution in [3.63, 3.8) is 0 Å². The zero-order chi connectivity index (χ0) is 47.7. The Morgan fingerprint density at radius 2 is 0.915 bits per heavy atom. The largest absolute Gasteiger partial charge is 0.311 e. The minimum Gasteiger partial charge on any atom is -0.311 e. The molecule has 2 heterocycles. The molecule has 0 fully saturated rings. The average molecular weight is 919 g/mol. The van der Waals surface area contributed by atoms with Crippen molar-refractivity contribution in [2.45, 2.75) is 20.3 Å². The van der Waals surface area contributed by atoms with E-state index in [0.29, 0.717) is 11.8 Å². The molecule has 2 atom stereocenters. The lowest BCUT2D eigenvalue weighted by molar-refractivity contribution is 0.512. The number of fused-ring (bicyclic) bond motifs is 4. The SMILES string of the molecule is C/C=C(\C=C/C(C)C1C=CC(N(c2ccc(-n3nc4ccccc4n3)cc2)c2ccc3ccccc3c2)=CC1)c1ccc(N(c2ccc(-n3nc4ccccc4n3)cc2)c2ccc3ccccc3c2)cc1. The van der Waals surface area contributed by atoms with Gasteiger partial charge in [-0.05, 0) is 173 Å². The molecule has 12 rings (SSSR count). The monoisotopic (exact) mass is 918 g/mol. The van der Waals surface area contributed by atoms with E-state index in [1.54, 1.807) is 9.59 Å². The Morgan fingerprint density at radius 3 is 1.38 bits per heavy atom. The molecule has 1 aliphatic rings. The van der Waals surface area contributed by atoms with Crippen molar-refractivity contribution in [1.29, 1.82) is 0 Å². The van der Waals surface area contributed by atoms with E-state index in [0.717, 1.165) is 74.0 Å². The third-order valence-corrected chi connectivity index (χ3v) is 13.6. The number of hydrogen-bond acceptors (Lipinski definition) is 6. The van der Waals surface area contributed by atoms with Gasteiger partial charge in [-0.1, -0.05) is 134 Å². The first-order valence-corrected chi connectivity index (χ1v) is 24.3. The minimum atomic E-state index is 0.311. The maximum Gasteiger partial charge on any atom is 0.113 e. The fraction of sp³-hybridized carbons (Fsp3) is 0.0794. The van der Waals surface area contributed by atoms with E-state index in [9.17, 15) is 0 Å². The van der Waals surface area contributed by atoms with Crippen molar-refractivity contribution in [2.24, 2.45) is 11.8 Å². The Labute approximate surface area is 413 Å². The molecule has 2 aromatic heterocycles. The number of hydrogen-bond donors (Lipinski definition) is 0. The first-order chi connectivity index (χ1) is 35.0. The van der Waals surface area contributed by atoms with Crippen LogP contribution in [0.4, 0.5) is 28.4 Å². The van der Waals surface area contributed by atoms with Crippen LogP contribution >= 0.6 is 0 Å². The van der Waals surface area contributed by atoms with Gasteiger partial charge in [0.05, 0.1) is 11.4 Å². The first-order valence-electron chi connectivity index (χ1n) is 24.3. The zero-order valence-corrected chi connectivity index (χ0v) is 39.5. The topological polar surface area (TPSA) is 67.9 Å². The molecule has 0 amide bonds. The molecule has 342 valence electrons. The summed E-state index contributed by atoms with van der Waals surface area (Å²) in [6.07, 6.45) is 14.9. The van der Waals surface area contributed by atoms with Crippen molar-refractivity contribution in [3.05, 3.63) is 254 Å². The number of rotatable bonds is 12. The van der Waals surface area contributed by atoms with Crippen molar-refractivity contribution in [1.82, 2.24) is 30.0 Å². The van der Waals surface area contributed by atoms with Gasteiger partial charge in [0.1, 0.15) is 22.1 Å². The van der Waals surface area contributed by atoms with Crippen LogP contribution in [0.3, 0.4) is 0 Å².